The number of carboxylic acid groups (broad SMARTS) is 1. The van der Waals surface area contributed by atoms with Gasteiger partial charge in [-0.3, -0.25) is 9.59 Å². The Morgan fingerprint density at radius 1 is 0.862 bits per heavy atom. The summed E-state index contributed by atoms with van der Waals surface area (Å²) >= 11 is 9.28. The standard InChI is InChI=1S/C19H19BrClN3O5/c20-14-5-1-12(2-6-14)19(29,13-3-7-15(21)8-4-13)11-24-17(26)9-22-16(25)10-23-18(27)28/h1-8,23,29H,9-11H2,(H,22,25)(H,24,26)(H,27,28). The molecule has 0 fully saturated rings. The molecule has 0 aliphatic heterocycles. The van der Waals surface area contributed by atoms with Crippen LogP contribution in [-0.2, 0) is 15.2 Å². The van der Waals surface area contributed by atoms with E-state index in [1.165, 1.54) is 0 Å². The fourth-order valence-electron chi connectivity index (χ4n) is 2.51. The lowest BCUT2D eigenvalue weighted by atomic mass is 9.86. The molecule has 0 bridgehead atoms. The topological polar surface area (TPSA) is 128 Å². The highest BCUT2D eigenvalue weighted by atomic mass is 79.9. The molecule has 2 aromatic rings. The van der Waals surface area contributed by atoms with Gasteiger partial charge >= 0.3 is 6.09 Å². The molecule has 29 heavy (non-hydrogen) atoms. The van der Waals surface area contributed by atoms with Crippen LogP contribution < -0.4 is 16.0 Å². The smallest absolute Gasteiger partial charge is 0.405 e. The second kappa shape index (κ2) is 10.2. The van der Waals surface area contributed by atoms with Gasteiger partial charge in [0.25, 0.3) is 0 Å². The lowest BCUT2D eigenvalue weighted by Crippen LogP contribution is -2.46. The molecule has 0 saturated heterocycles. The number of rotatable bonds is 8. The molecule has 2 aromatic carbocycles. The van der Waals surface area contributed by atoms with Gasteiger partial charge in [0.1, 0.15) is 5.60 Å². The number of nitrogens with one attached hydrogen (secondary N) is 3. The number of aliphatic hydroxyl groups is 1. The first-order valence-corrected chi connectivity index (χ1v) is 9.62. The lowest BCUT2D eigenvalue weighted by Gasteiger charge is -2.30. The summed E-state index contributed by atoms with van der Waals surface area (Å²) in [5, 5.41) is 27.1. The van der Waals surface area contributed by atoms with E-state index in [0.717, 1.165) is 4.47 Å². The Hall–Kier alpha value is -2.62. The van der Waals surface area contributed by atoms with Crippen molar-refractivity contribution in [2.24, 2.45) is 0 Å². The second-order valence-electron chi connectivity index (χ2n) is 6.09. The van der Waals surface area contributed by atoms with Gasteiger partial charge in [-0.2, -0.15) is 0 Å². The predicted octanol–water partition coefficient (Wildman–Crippen LogP) is 1.84. The Kier molecular flexibility index (Phi) is 8.00. The zero-order chi connectivity index (χ0) is 21.4. The molecular formula is C19H19BrClN3O5. The van der Waals surface area contributed by atoms with Gasteiger partial charge in [0.15, 0.2) is 0 Å². The van der Waals surface area contributed by atoms with Crippen LogP contribution in [0.5, 0.6) is 0 Å². The summed E-state index contributed by atoms with van der Waals surface area (Å²) in [6, 6.07) is 13.6. The van der Waals surface area contributed by atoms with Crippen LogP contribution in [0.15, 0.2) is 53.0 Å². The number of carbonyl (C=O) groups is 3. The van der Waals surface area contributed by atoms with Crippen molar-refractivity contribution in [1.82, 2.24) is 16.0 Å². The average Bonchev–Trinajstić information content (AvgIpc) is 2.69. The van der Waals surface area contributed by atoms with Gasteiger partial charge in [-0.05, 0) is 35.4 Å². The van der Waals surface area contributed by atoms with E-state index in [-0.39, 0.29) is 13.1 Å². The van der Waals surface area contributed by atoms with E-state index in [0.29, 0.717) is 16.1 Å². The van der Waals surface area contributed by atoms with Crippen LogP contribution in [-0.4, -0.2) is 47.8 Å². The molecule has 0 spiro atoms. The monoisotopic (exact) mass is 483 g/mol. The molecule has 0 aromatic heterocycles. The number of carbonyl (C=O) groups excluding carboxylic acids is 2. The molecule has 1 atom stereocenters. The van der Waals surface area contributed by atoms with Crippen molar-refractivity contribution in [3.05, 3.63) is 69.2 Å². The fourth-order valence-corrected chi connectivity index (χ4v) is 2.90. The fraction of sp³-hybridized carbons (Fsp3) is 0.211. The van der Waals surface area contributed by atoms with Crippen molar-refractivity contribution in [2.75, 3.05) is 19.6 Å². The largest absolute Gasteiger partial charge is 0.465 e. The van der Waals surface area contributed by atoms with E-state index in [2.05, 4.69) is 26.6 Å². The minimum atomic E-state index is -1.53. The molecule has 154 valence electrons. The van der Waals surface area contributed by atoms with Crippen LogP contribution in [0, 0.1) is 0 Å². The van der Waals surface area contributed by atoms with Crippen LogP contribution in [0.2, 0.25) is 5.02 Å². The van der Waals surface area contributed by atoms with E-state index in [1.54, 1.807) is 48.5 Å². The van der Waals surface area contributed by atoms with E-state index in [4.69, 9.17) is 16.7 Å². The van der Waals surface area contributed by atoms with Crippen molar-refractivity contribution in [3.63, 3.8) is 0 Å². The van der Waals surface area contributed by atoms with Crippen molar-refractivity contribution in [1.29, 1.82) is 0 Å². The number of benzene rings is 2. The SMILES string of the molecule is O=C(O)NCC(=O)NCC(=O)NCC(O)(c1ccc(Cl)cc1)c1ccc(Br)cc1. The van der Waals surface area contributed by atoms with Crippen LogP contribution in [0.3, 0.4) is 0 Å². The first kappa shape index (κ1) is 22.7. The summed E-state index contributed by atoms with van der Waals surface area (Å²) in [4.78, 5) is 33.9. The first-order chi connectivity index (χ1) is 13.7. The van der Waals surface area contributed by atoms with Crippen LogP contribution in [0.4, 0.5) is 4.79 Å². The molecule has 8 nitrogen and oxygen atoms in total. The van der Waals surface area contributed by atoms with Crippen LogP contribution in [0.25, 0.3) is 0 Å². The summed E-state index contributed by atoms with van der Waals surface area (Å²) in [7, 11) is 0. The molecular weight excluding hydrogens is 466 g/mol. The van der Waals surface area contributed by atoms with Crippen molar-refractivity contribution in [3.8, 4) is 0 Å². The third-order valence-corrected chi connectivity index (χ3v) is 4.81. The van der Waals surface area contributed by atoms with Gasteiger partial charge in [-0.15, -0.1) is 0 Å². The number of amides is 3. The minimum absolute atomic E-state index is 0.154. The summed E-state index contributed by atoms with van der Waals surface area (Å²) in [6.07, 6.45) is -1.34. The highest BCUT2D eigenvalue weighted by Gasteiger charge is 2.32. The maximum absolute atomic E-state index is 12.1. The Balaban J connectivity index is 2.07. The molecule has 0 saturated carbocycles. The zero-order valence-electron chi connectivity index (χ0n) is 15.1. The number of hydrogen-bond donors (Lipinski definition) is 5. The average molecular weight is 485 g/mol. The van der Waals surface area contributed by atoms with Crippen molar-refractivity contribution < 1.29 is 24.6 Å². The maximum atomic E-state index is 12.1. The molecule has 0 aliphatic rings. The Bertz CT molecular complexity index is 829. The number of halogens is 2. The summed E-state index contributed by atoms with van der Waals surface area (Å²) in [6.45, 7) is -0.980. The molecule has 1 unspecified atom stereocenters. The third-order valence-electron chi connectivity index (χ3n) is 4.03. The van der Waals surface area contributed by atoms with Gasteiger partial charge in [0, 0.05) is 9.50 Å². The summed E-state index contributed by atoms with van der Waals surface area (Å²) < 4.78 is 0.835. The highest BCUT2D eigenvalue weighted by molar-refractivity contribution is 9.10. The molecule has 0 radical (unpaired) electrons. The maximum Gasteiger partial charge on any atom is 0.405 e. The third kappa shape index (κ3) is 6.74. The van der Waals surface area contributed by atoms with Crippen LogP contribution >= 0.6 is 27.5 Å². The van der Waals surface area contributed by atoms with E-state index in [9.17, 15) is 19.5 Å². The van der Waals surface area contributed by atoms with Crippen molar-refractivity contribution in [2.45, 2.75) is 5.60 Å². The molecule has 0 heterocycles. The Morgan fingerprint density at radius 3 is 1.90 bits per heavy atom. The van der Waals surface area contributed by atoms with E-state index in [1.807, 2.05) is 5.32 Å². The van der Waals surface area contributed by atoms with Gasteiger partial charge in [-0.1, -0.05) is 51.8 Å². The molecule has 0 aliphatic carbocycles. The first-order valence-electron chi connectivity index (χ1n) is 8.45. The van der Waals surface area contributed by atoms with Gasteiger partial charge in [-0.25, -0.2) is 4.79 Å². The Labute approximate surface area is 180 Å². The van der Waals surface area contributed by atoms with E-state index < -0.39 is 30.1 Å². The van der Waals surface area contributed by atoms with Crippen LogP contribution in [0.1, 0.15) is 11.1 Å². The van der Waals surface area contributed by atoms with Crippen molar-refractivity contribution >= 4 is 45.4 Å². The minimum Gasteiger partial charge on any atom is -0.465 e. The van der Waals surface area contributed by atoms with Gasteiger partial charge in [0.2, 0.25) is 11.8 Å². The quantitative estimate of drug-likeness (QED) is 0.391. The summed E-state index contributed by atoms with van der Waals surface area (Å²) in [5.74, 6) is -1.19. The predicted molar refractivity (Wildman–Crippen MR) is 111 cm³/mol. The van der Waals surface area contributed by atoms with Gasteiger partial charge < -0.3 is 26.2 Å². The normalized spacial score (nSPS) is 12.5. The number of hydrogen-bond acceptors (Lipinski definition) is 4. The molecule has 5 N–H and O–H groups in total. The van der Waals surface area contributed by atoms with Gasteiger partial charge in [0.05, 0.1) is 19.6 Å². The molecule has 2 rings (SSSR count). The molecule has 10 heteroatoms. The highest BCUT2D eigenvalue weighted by Crippen LogP contribution is 2.31. The zero-order valence-corrected chi connectivity index (χ0v) is 17.5. The molecule has 3 amide bonds. The Morgan fingerprint density at radius 2 is 1.34 bits per heavy atom. The summed E-state index contributed by atoms with van der Waals surface area (Å²) in [5.41, 5.74) is -0.451. The lowest BCUT2D eigenvalue weighted by molar-refractivity contribution is -0.126. The van der Waals surface area contributed by atoms with E-state index >= 15 is 0 Å². The second-order valence-corrected chi connectivity index (χ2v) is 7.44.